The van der Waals surface area contributed by atoms with Crippen LogP contribution < -0.4 is 10.6 Å². The predicted molar refractivity (Wildman–Crippen MR) is 145 cm³/mol. The van der Waals surface area contributed by atoms with Gasteiger partial charge in [-0.2, -0.15) is 0 Å². The van der Waals surface area contributed by atoms with Crippen molar-refractivity contribution in [1.82, 2.24) is 9.97 Å². The van der Waals surface area contributed by atoms with E-state index in [0.29, 0.717) is 5.56 Å². The van der Waals surface area contributed by atoms with E-state index in [9.17, 15) is 9.59 Å². The second kappa shape index (κ2) is 8.58. The van der Waals surface area contributed by atoms with Crippen LogP contribution in [0.25, 0.3) is 22.2 Å². The summed E-state index contributed by atoms with van der Waals surface area (Å²) in [6.45, 7) is 0. The van der Waals surface area contributed by atoms with Crippen molar-refractivity contribution in [2.45, 2.75) is 38.5 Å². The number of carbonyl (C=O) groups excluding carboxylic acids is 2. The Hall–Kier alpha value is -3.93. The first-order valence-corrected chi connectivity index (χ1v) is 13.3. The molecule has 2 amide bonds. The first kappa shape index (κ1) is 22.3. The largest absolute Gasteiger partial charge is 0.355 e. The molecular weight excluding hydrogens is 460 g/mol. The van der Waals surface area contributed by atoms with Gasteiger partial charge in [0.1, 0.15) is 0 Å². The number of H-pyrrole nitrogens is 1. The molecule has 0 aliphatic heterocycles. The van der Waals surface area contributed by atoms with Crippen molar-refractivity contribution in [3.05, 3.63) is 78.6 Å². The van der Waals surface area contributed by atoms with E-state index in [4.69, 9.17) is 0 Å². The summed E-state index contributed by atoms with van der Waals surface area (Å²) in [5, 5.41) is 7.20. The Kier molecular flexibility index (Phi) is 5.17. The fourth-order valence-corrected chi connectivity index (χ4v) is 7.45. The maximum atomic E-state index is 13.4. The van der Waals surface area contributed by atoms with Gasteiger partial charge < -0.3 is 15.6 Å². The van der Waals surface area contributed by atoms with E-state index >= 15 is 0 Å². The number of anilines is 2. The Bertz CT molecular complexity index is 1450. The molecule has 4 aliphatic carbocycles. The van der Waals surface area contributed by atoms with Crippen LogP contribution in [0.2, 0.25) is 0 Å². The van der Waals surface area contributed by atoms with Gasteiger partial charge in [0.05, 0.1) is 11.0 Å². The van der Waals surface area contributed by atoms with Crippen LogP contribution in [0.15, 0.2) is 73.1 Å². The first-order valence-electron chi connectivity index (χ1n) is 13.3. The van der Waals surface area contributed by atoms with Crippen molar-refractivity contribution in [3.63, 3.8) is 0 Å². The fourth-order valence-electron chi connectivity index (χ4n) is 7.45. The highest BCUT2D eigenvalue weighted by Gasteiger charge is 2.54. The smallest absolute Gasteiger partial charge is 0.257 e. The van der Waals surface area contributed by atoms with Crippen LogP contribution >= 0.6 is 0 Å². The number of amides is 2. The van der Waals surface area contributed by atoms with Gasteiger partial charge in [0.15, 0.2) is 0 Å². The average molecular weight is 491 g/mol. The number of pyridine rings is 1. The highest BCUT2D eigenvalue weighted by Crippen LogP contribution is 2.60. The van der Waals surface area contributed by atoms with Crippen LogP contribution in [0.4, 0.5) is 11.4 Å². The molecule has 186 valence electrons. The summed E-state index contributed by atoms with van der Waals surface area (Å²) in [5.41, 5.74) is 5.00. The van der Waals surface area contributed by atoms with E-state index in [1.165, 1.54) is 19.3 Å². The molecular formula is C31H30N4O2. The van der Waals surface area contributed by atoms with Gasteiger partial charge in [0, 0.05) is 40.4 Å². The molecule has 2 aromatic carbocycles. The van der Waals surface area contributed by atoms with Crippen molar-refractivity contribution >= 4 is 34.1 Å². The molecule has 37 heavy (non-hydrogen) atoms. The highest BCUT2D eigenvalue weighted by molar-refractivity contribution is 6.05. The number of nitrogens with zero attached hydrogens (tertiary/aromatic N) is 1. The first-order chi connectivity index (χ1) is 18.0. The zero-order chi connectivity index (χ0) is 25.0. The van der Waals surface area contributed by atoms with Gasteiger partial charge >= 0.3 is 0 Å². The zero-order valence-electron chi connectivity index (χ0n) is 20.7. The van der Waals surface area contributed by atoms with Crippen LogP contribution in [0, 0.1) is 23.2 Å². The standard InChI is InChI=1S/C31H30N4O2/c36-29(23-2-1-9-32-18-23)33-26-7-8-27-24(13-26)14-28(35-27)22-3-5-25(6-4-22)34-30(37)31-15-19-10-20(16-31)12-21(11-19)17-31/h1-9,13-14,18-21,35H,10-12,15-17H2,(H,33,36)(H,34,37). The topological polar surface area (TPSA) is 86.9 Å². The number of aromatic amines is 1. The Morgan fingerprint density at radius 1 is 0.838 bits per heavy atom. The Morgan fingerprint density at radius 2 is 1.54 bits per heavy atom. The molecule has 4 aliphatic rings. The predicted octanol–water partition coefficient (Wildman–Crippen LogP) is 6.64. The Balaban J connectivity index is 1.05. The van der Waals surface area contributed by atoms with Crippen molar-refractivity contribution in [2.24, 2.45) is 23.2 Å². The van der Waals surface area contributed by atoms with E-state index in [-0.39, 0.29) is 17.2 Å². The second-order valence-electron chi connectivity index (χ2n) is 11.4. The molecule has 0 atom stereocenters. The highest BCUT2D eigenvalue weighted by atomic mass is 16.2. The number of benzene rings is 2. The van der Waals surface area contributed by atoms with Crippen molar-refractivity contribution in [1.29, 1.82) is 0 Å². The van der Waals surface area contributed by atoms with E-state index < -0.39 is 0 Å². The minimum absolute atomic E-state index is 0.144. The lowest BCUT2D eigenvalue weighted by atomic mass is 9.49. The lowest BCUT2D eigenvalue weighted by molar-refractivity contribution is -0.140. The fraction of sp³-hybridized carbons (Fsp3) is 0.323. The quantitative estimate of drug-likeness (QED) is 0.293. The van der Waals surface area contributed by atoms with Crippen molar-refractivity contribution < 1.29 is 9.59 Å². The van der Waals surface area contributed by atoms with Gasteiger partial charge in [-0.15, -0.1) is 0 Å². The van der Waals surface area contributed by atoms with Crippen molar-refractivity contribution in [2.75, 3.05) is 10.6 Å². The molecule has 4 bridgehead atoms. The van der Waals surface area contributed by atoms with Crippen LogP contribution in [0.5, 0.6) is 0 Å². The van der Waals surface area contributed by atoms with Crippen LogP contribution in [0.3, 0.4) is 0 Å². The number of aromatic nitrogens is 2. The zero-order valence-corrected chi connectivity index (χ0v) is 20.7. The third-order valence-electron chi connectivity index (χ3n) is 8.78. The molecule has 4 fully saturated rings. The molecule has 6 heteroatoms. The summed E-state index contributed by atoms with van der Waals surface area (Å²) in [7, 11) is 0. The van der Waals surface area contributed by atoms with Gasteiger partial charge in [0.2, 0.25) is 5.91 Å². The van der Waals surface area contributed by atoms with E-state index in [0.717, 1.165) is 70.6 Å². The molecule has 0 saturated heterocycles. The maximum Gasteiger partial charge on any atom is 0.257 e. The molecule has 3 N–H and O–H groups in total. The number of nitrogens with one attached hydrogen (secondary N) is 3. The number of hydrogen-bond acceptors (Lipinski definition) is 3. The van der Waals surface area contributed by atoms with Crippen LogP contribution in [-0.2, 0) is 4.79 Å². The van der Waals surface area contributed by atoms with Gasteiger partial charge in [-0.05, 0) is 110 Å². The summed E-state index contributed by atoms with van der Waals surface area (Å²) in [4.78, 5) is 33.3. The Labute approximate surface area is 215 Å². The van der Waals surface area contributed by atoms with Gasteiger partial charge in [-0.1, -0.05) is 12.1 Å². The third-order valence-corrected chi connectivity index (χ3v) is 8.78. The molecule has 2 aromatic heterocycles. The van der Waals surface area contributed by atoms with Gasteiger partial charge in [0.25, 0.3) is 5.91 Å². The molecule has 0 spiro atoms. The van der Waals surface area contributed by atoms with E-state index in [2.05, 4.69) is 26.7 Å². The van der Waals surface area contributed by atoms with Gasteiger partial charge in [-0.25, -0.2) is 0 Å². The summed E-state index contributed by atoms with van der Waals surface area (Å²) >= 11 is 0. The minimum Gasteiger partial charge on any atom is -0.355 e. The lowest BCUT2D eigenvalue weighted by Crippen LogP contribution is -2.51. The monoisotopic (exact) mass is 490 g/mol. The molecule has 0 radical (unpaired) electrons. The SMILES string of the molecule is O=C(Nc1ccc2[nH]c(-c3ccc(NC(=O)C45CC6CC(CC(C6)C4)C5)cc3)cc2c1)c1cccnc1. The maximum absolute atomic E-state index is 13.4. The number of hydrogen-bond donors (Lipinski definition) is 3. The summed E-state index contributed by atoms with van der Waals surface area (Å²) in [6.07, 6.45) is 10.4. The van der Waals surface area contributed by atoms with Crippen molar-refractivity contribution in [3.8, 4) is 11.3 Å². The van der Waals surface area contributed by atoms with E-state index in [1.807, 2.05) is 42.5 Å². The summed E-state index contributed by atoms with van der Waals surface area (Å²) < 4.78 is 0. The van der Waals surface area contributed by atoms with Crippen LogP contribution in [0.1, 0.15) is 48.9 Å². The Morgan fingerprint density at radius 3 is 2.22 bits per heavy atom. The van der Waals surface area contributed by atoms with Gasteiger partial charge in [-0.3, -0.25) is 14.6 Å². The molecule has 2 heterocycles. The normalized spacial score (nSPS) is 25.8. The number of rotatable bonds is 5. The van der Waals surface area contributed by atoms with E-state index in [1.54, 1.807) is 24.5 Å². The minimum atomic E-state index is -0.186. The molecule has 4 aromatic rings. The second-order valence-corrected chi connectivity index (χ2v) is 11.4. The number of carbonyl (C=O) groups is 2. The molecule has 0 unspecified atom stereocenters. The molecule has 6 nitrogen and oxygen atoms in total. The molecule has 4 saturated carbocycles. The van der Waals surface area contributed by atoms with Crippen LogP contribution in [-0.4, -0.2) is 21.8 Å². The average Bonchev–Trinajstić information content (AvgIpc) is 3.32. The molecule has 8 rings (SSSR count). The lowest BCUT2D eigenvalue weighted by Gasteiger charge is -2.55. The number of fused-ring (bicyclic) bond motifs is 1. The summed E-state index contributed by atoms with van der Waals surface area (Å²) in [6, 6.07) is 19.5. The summed E-state index contributed by atoms with van der Waals surface area (Å²) in [5.74, 6) is 2.31. The third kappa shape index (κ3) is 4.10.